The van der Waals surface area contributed by atoms with Crippen molar-refractivity contribution in [3.05, 3.63) is 73.1 Å². The fraction of sp³-hybridized carbons (Fsp3) is 0.172. The molecule has 9 nitrogen and oxygen atoms in total. The van der Waals surface area contributed by atoms with Crippen molar-refractivity contribution < 1.29 is 13.9 Å². The van der Waals surface area contributed by atoms with E-state index in [2.05, 4.69) is 25.1 Å². The van der Waals surface area contributed by atoms with E-state index in [1.165, 1.54) is 12.1 Å². The smallest absolute Gasteiger partial charge is 0.137 e. The molecule has 196 valence electrons. The standard InChI is InChI=1S/C29H26FN7O2/c1-37(2)6-7-39-20-9-17(8-19(30)11-20)23-15-32-16-27-22(23)12-26(33-27)29-28-25(35-36-29)5-4-24(34-28)18-10-21(38-3)14-31-13-18/h4-5,8-16,33H,6-7H2,1-3H3,(H,35,36). The molecule has 0 bridgehead atoms. The van der Waals surface area contributed by atoms with E-state index in [0.29, 0.717) is 34.9 Å². The molecular formula is C29H26FN7O2. The zero-order chi connectivity index (χ0) is 26.9. The third-order valence-electron chi connectivity index (χ3n) is 6.44. The number of benzene rings is 1. The average Bonchev–Trinajstić information content (AvgIpc) is 3.56. The number of fused-ring (bicyclic) bond motifs is 2. The summed E-state index contributed by atoms with van der Waals surface area (Å²) in [7, 11) is 5.53. The lowest BCUT2D eigenvalue weighted by molar-refractivity contribution is 0.260. The third kappa shape index (κ3) is 4.89. The summed E-state index contributed by atoms with van der Waals surface area (Å²) in [4.78, 5) is 18.9. The van der Waals surface area contributed by atoms with Gasteiger partial charge in [-0.15, -0.1) is 0 Å². The maximum Gasteiger partial charge on any atom is 0.137 e. The molecule has 0 unspecified atom stereocenters. The number of ether oxygens (including phenoxy) is 2. The fourth-order valence-electron chi connectivity index (χ4n) is 4.47. The van der Waals surface area contributed by atoms with Crippen LogP contribution in [0.1, 0.15) is 0 Å². The van der Waals surface area contributed by atoms with Gasteiger partial charge in [-0.1, -0.05) is 0 Å². The number of rotatable bonds is 8. The Hall–Kier alpha value is -4.83. The minimum Gasteiger partial charge on any atom is -0.495 e. The van der Waals surface area contributed by atoms with E-state index < -0.39 is 0 Å². The number of halogens is 1. The second-order valence-electron chi connectivity index (χ2n) is 9.44. The van der Waals surface area contributed by atoms with Crippen LogP contribution in [-0.2, 0) is 0 Å². The highest BCUT2D eigenvalue weighted by molar-refractivity contribution is 6.00. The second kappa shape index (κ2) is 10.1. The summed E-state index contributed by atoms with van der Waals surface area (Å²) >= 11 is 0. The third-order valence-corrected chi connectivity index (χ3v) is 6.44. The summed E-state index contributed by atoms with van der Waals surface area (Å²) in [6.07, 6.45) is 6.87. The van der Waals surface area contributed by atoms with Crippen LogP contribution in [0.15, 0.2) is 67.3 Å². The highest BCUT2D eigenvalue weighted by Gasteiger charge is 2.17. The van der Waals surface area contributed by atoms with E-state index in [1.54, 1.807) is 31.9 Å². The van der Waals surface area contributed by atoms with Crippen LogP contribution in [0.25, 0.3) is 55.7 Å². The molecular weight excluding hydrogens is 497 g/mol. The lowest BCUT2D eigenvalue weighted by Crippen LogP contribution is -2.19. The molecule has 10 heteroatoms. The van der Waals surface area contributed by atoms with Gasteiger partial charge in [-0.2, -0.15) is 5.10 Å². The highest BCUT2D eigenvalue weighted by Crippen LogP contribution is 2.35. The molecule has 0 atom stereocenters. The number of hydrogen-bond acceptors (Lipinski definition) is 7. The van der Waals surface area contributed by atoms with Crippen LogP contribution in [-0.4, -0.2) is 69.4 Å². The van der Waals surface area contributed by atoms with Gasteiger partial charge in [-0.3, -0.25) is 15.1 Å². The van der Waals surface area contributed by atoms with Gasteiger partial charge in [-0.05, 0) is 56.1 Å². The minimum atomic E-state index is -0.373. The van der Waals surface area contributed by atoms with Crippen molar-refractivity contribution in [3.8, 4) is 45.3 Å². The van der Waals surface area contributed by atoms with Crippen LogP contribution < -0.4 is 9.47 Å². The van der Waals surface area contributed by atoms with Crippen LogP contribution in [0.2, 0.25) is 0 Å². The van der Waals surface area contributed by atoms with Crippen molar-refractivity contribution >= 4 is 21.9 Å². The largest absolute Gasteiger partial charge is 0.495 e. The van der Waals surface area contributed by atoms with Crippen LogP contribution in [0.4, 0.5) is 4.39 Å². The summed E-state index contributed by atoms with van der Waals surface area (Å²) < 4.78 is 25.7. The first-order valence-corrected chi connectivity index (χ1v) is 12.4. The second-order valence-corrected chi connectivity index (χ2v) is 9.44. The van der Waals surface area contributed by atoms with Crippen molar-refractivity contribution in [1.29, 1.82) is 0 Å². The van der Waals surface area contributed by atoms with Crippen molar-refractivity contribution in [3.63, 3.8) is 0 Å². The van der Waals surface area contributed by atoms with Gasteiger partial charge in [0.05, 0.1) is 41.9 Å². The number of hydrogen-bond donors (Lipinski definition) is 2. The molecule has 6 rings (SSSR count). The molecule has 0 aliphatic rings. The van der Waals surface area contributed by atoms with Crippen molar-refractivity contribution in [2.24, 2.45) is 0 Å². The zero-order valence-electron chi connectivity index (χ0n) is 21.7. The number of aromatic amines is 2. The van der Waals surface area contributed by atoms with Crippen LogP contribution >= 0.6 is 0 Å². The Kier molecular flexibility index (Phi) is 6.37. The van der Waals surface area contributed by atoms with E-state index in [1.807, 2.05) is 49.3 Å². The quantitative estimate of drug-likeness (QED) is 0.278. The molecule has 6 aromatic rings. The highest BCUT2D eigenvalue weighted by atomic mass is 19.1. The van der Waals surface area contributed by atoms with Gasteiger partial charge < -0.3 is 19.4 Å². The minimum absolute atomic E-state index is 0.373. The molecule has 2 N–H and O–H groups in total. The Labute approximate surface area is 223 Å². The monoisotopic (exact) mass is 523 g/mol. The maximum absolute atomic E-state index is 14.6. The molecule has 0 fully saturated rings. The predicted molar refractivity (Wildman–Crippen MR) is 148 cm³/mol. The number of nitrogens with one attached hydrogen (secondary N) is 2. The molecule has 0 radical (unpaired) electrons. The van der Waals surface area contributed by atoms with E-state index in [4.69, 9.17) is 14.5 Å². The van der Waals surface area contributed by atoms with E-state index in [0.717, 1.165) is 45.5 Å². The Bertz CT molecular complexity index is 1790. The Morgan fingerprint density at radius 1 is 0.897 bits per heavy atom. The molecule has 0 saturated carbocycles. The maximum atomic E-state index is 14.6. The molecule has 39 heavy (non-hydrogen) atoms. The van der Waals surface area contributed by atoms with Gasteiger partial charge in [0.1, 0.15) is 35.1 Å². The van der Waals surface area contributed by atoms with Crippen molar-refractivity contribution in [2.45, 2.75) is 0 Å². The van der Waals surface area contributed by atoms with Gasteiger partial charge >= 0.3 is 0 Å². The summed E-state index contributed by atoms with van der Waals surface area (Å²) in [5, 5.41) is 8.49. The lowest BCUT2D eigenvalue weighted by Gasteiger charge is -2.12. The first kappa shape index (κ1) is 24.5. The van der Waals surface area contributed by atoms with Crippen molar-refractivity contribution in [1.82, 2.24) is 35.0 Å². The normalized spacial score (nSPS) is 11.5. The molecule has 5 heterocycles. The number of H-pyrrole nitrogens is 2. The number of aromatic nitrogens is 6. The number of nitrogens with zero attached hydrogens (tertiary/aromatic N) is 5. The summed E-state index contributed by atoms with van der Waals surface area (Å²) in [5.41, 5.74) is 6.77. The van der Waals surface area contributed by atoms with Crippen LogP contribution in [0, 0.1) is 5.82 Å². The van der Waals surface area contributed by atoms with E-state index >= 15 is 0 Å². The molecule has 0 spiro atoms. The average molecular weight is 524 g/mol. The van der Waals surface area contributed by atoms with Gasteiger partial charge in [0, 0.05) is 41.5 Å². The zero-order valence-corrected chi connectivity index (χ0v) is 21.7. The van der Waals surface area contributed by atoms with Gasteiger partial charge in [0.2, 0.25) is 0 Å². The molecule has 5 aromatic heterocycles. The topological polar surface area (TPSA) is 105 Å². The molecule has 0 saturated heterocycles. The molecule has 0 aliphatic heterocycles. The van der Waals surface area contributed by atoms with Gasteiger partial charge in [-0.25, -0.2) is 9.37 Å². The first-order chi connectivity index (χ1) is 19.0. The summed E-state index contributed by atoms with van der Waals surface area (Å²) in [6, 6.07) is 12.4. The first-order valence-electron chi connectivity index (χ1n) is 12.4. The lowest BCUT2D eigenvalue weighted by atomic mass is 10.0. The fourth-order valence-corrected chi connectivity index (χ4v) is 4.47. The van der Waals surface area contributed by atoms with E-state index in [9.17, 15) is 4.39 Å². The molecule has 0 aliphatic carbocycles. The Balaban J connectivity index is 1.40. The summed E-state index contributed by atoms with van der Waals surface area (Å²) in [5.74, 6) is 0.755. The number of likely N-dealkylation sites (N-methyl/N-ethyl adjacent to an activating group) is 1. The van der Waals surface area contributed by atoms with Crippen molar-refractivity contribution in [2.75, 3.05) is 34.4 Å². The molecule has 0 amide bonds. The summed E-state index contributed by atoms with van der Waals surface area (Å²) in [6.45, 7) is 1.19. The molecule has 1 aromatic carbocycles. The number of pyridine rings is 3. The van der Waals surface area contributed by atoms with E-state index in [-0.39, 0.29) is 5.82 Å². The van der Waals surface area contributed by atoms with Crippen LogP contribution in [0.5, 0.6) is 11.5 Å². The van der Waals surface area contributed by atoms with Crippen LogP contribution in [0.3, 0.4) is 0 Å². The van der Waals surface area contributed by atoms with Gasteiger partial charge in [0.15, 0.2) is 0 Å². The SMILES string of the molecule is COc1cncc(-c2ccc3[nH]nc(-c4cc5c(-c6cc(F)cc(OCCN(C)C)c6)cncc5[nH]4)c3n2)c1. The Morgan fingerprint density at radius 2 is 1.74 bits per heavy atom. The Morgan fingerprint density at radius 3 is 2.59 bits per heavy atom. The van der Waals surface area contributed by atoms with Gasteiger partial charge in [0.25, 0.3) is 0 Å². The number of methoxy groups -OCH3 is 1. The predicted octanol–water partition coefficient (Wildman–Crippen LogP) is 5.32.